The van der Waals surface area contributed by atoms with Gasteiger partial charge in [0.05, 0.1) is 26.9 Å². The fraction of sp³-hybridized carbons (Fsp3) is 1.00. The summed E-state index contributed by atoms with van der Waals surface area (Å²) in [5.41, 5.74) is 0. The Morgan fingerprint density at radius 2 is 0.833 bits per heavy atom. The van der Waals surface area contributed by atoms with E-state index < -0.39 is 33.1 Å². The van der Waals surface area contributed by atoms with E-state index in [1.165, 1.54) is 0 Å². The van der Waals surface area contributed by atoms with E-state index in [9.17, 15) is 4.39 Å². The molecule has 0 nitrogen and oxygen atoms in total. The summed E-state index contributed by atoms with van der Waals surface area (Å²) in [6.45, 7) is 0. The molecule has 0 aromatic heterocycles. The summed E-state index contributed by atoms with van der Waals surface area (Å²) in [4.78, 5) is 0. The van der Waals surface area contributed by atoms with Crippen molar-refractivity contribution in [2.75, 3.05) is 0 Å². The SMILES string of the molecule is FC1[C@H](Cl)[C@@H](Cl)C(Cl)[C@H](Cl)[C@H]1Cl. The van der Waals surface area contributed by atoms with Crippen molar-refractivity contribution in [2.24, 2.45) is 0 Å². The predicted octanol–water partition coefficient (Wildman–Crippen LogP) is 3.38. The van der Waals surface area contributed by atoms with Crippen molar-refractivity contribution in [1.29, 1.82) is 0 Å². The Morgan fingerprint density at radius 1 is 0.583 bits per heavy atom. The van der Waals surface area contributed by atoms with Crippen molar-refractivity contribution in [1.82, 2.24) is 0 Å². The second-order valence-corrected chi connectivity index (χ2v) is 5.19. The van der Waals surface area contributed by atoms with Crippen LogP contribution in [-0.2, 0) is 0 Å². The van der Waals surface area contributed by atoms with E-state index >= 15 is 0 Å². The van der Waals surface area contributed by atoms with E-state index in [-0.39, 0.29) is 0 Å². The number of hydrogen-bond acceptors (Lipinski definition) is 0. The van der Waals surface area contributed by atoms with Crippen LogP contribution in [0.1, 0.15) is 0 Å². The topological polar surface area (TPSA) is 0 Å². The molecule has 0 aliphatic heterocycles. The molecule has 1 fully saturated rings. The smallest absolute Gasteiger partial charge is 0.136 e. The molecule has 0 aromatic rings. The molecule has 4 atom stereocenters. The Bertz CT molecular complexity index is 107. The Morgan fingerprint density at radius 3 is 1.17 bits per heavy atom. The first kappa shape index (κ1) is 11.5. The van der Waals surface area contributed by atoms with Gasteiger partial charge in [0.25, 0.3) is 0 Å². The van der Waals surface area contributed by atoms with E-state index in [0.29, 0.717) is 0 Å². The van der Waals surface area contributed by atoms with E-state index in [0.717, 1.165) is 0 Å². The predicted molar refractivity (Wildman–Crippen MR) is 53.1 cm³/mol. The highest BCUT2D eigenvalue weighted by molar-refractivity contribution is 6.41. The molecular formula is C6H6Cl5F. The van der Waals surface area contributed by atoms with Gasteiger partial charge in [-0.1, -0.05) is 0 Å². The highest BCUT2D eigenvalue weighted by atomic mass is 35.5. The maximum absolute atomic E-state index is 13.2. The van der Waals surface area contributed by atoms with Crippen molar-refractivity contribution in [3.8, 4) is 0 Å². The number of halogens is 6. The summed E-state index contributed by atoms with van der Waals surface area (Å²) in [5.74, 6) is 0. The molecule has 0 aromatic carbocycles. The highest BCUT2D eigenvalue weighted by Gasteiger charge is 2.48. The third-order valence-corrected chi connectivity index (χ3v) is 4.99. The average Bonchev–Trinajstić information content (AvgIpc) is 2.08. The van der Waals surface area contributed by atoms with Crippen molar-refractivity contribution < 1.29 is 4.39 Å². The normalized spacial score (nSPS) is 55.5. The molecule has 0 N–H and O–H groups in total. The van der Waals surface area contributed by atoms with Crippen LogP contribution >= 0.6 is 58.0 Å². The molecule has 0 spiro atoms. The first-order valence-corrected chi connectivity index (χ1v) is 5.49. The molecule has 0 heterocycles. The molecule has 1 rings (SSSR count). The van der Waals surface area contributed by atoms with Crippen LogP contribution in [0, 0.1) is 0 Å². The second kappa shape index (κ2) is 4.27. The minimum Gasteiger partial charge on any atom is -0.244 e. The van der Waals surface area contributed by atoms with Gasteiger partial charge in [0.15, 0.2) is 0 Å². The molecule has 72 valence electrons. The summed E-state index contributed by atoms with van der Waals surface area (Å²) in [7, 11) is 0. The minimum absolute atomic E-state index is 0.592. The largest absolute Gasteiger partial charge is 0.244 e. The van der Waals surface area contributed by atoms with E-state index in [1.807, 2.05) is 0 Å². The monoisotopic (exact) mass is 272 g/mol. The number of rotatable bonds is 0. The van der Waals surface area contributed by atoms with Crippen LogP contribution in [0.4, 0.5) is 4.39 Å². The Labute approximate surface area is 95.2 Å². The van der Waals surface area contributed by atoms with E-state index in [2.05, 4.69) is 0 Å². The van der Waals surface area contributed by atoms with Crippen LogP contribution in [0.15, 0.2) is 0 Å². The molecule has 0 amide bonds. The molecule has 1 aliphatic carbocycles. The highest BCUT2D eigenvalue weighted by Crippen LogP contribution is 2.38. The van der Waals surface area contributed by atoms with Gasteiger partial charge in [-0.15, -0.1) is 58.0 Å². The Hall–Kier alpha value is 1.38. The fourth-order valence-electron chi connectivity index (χ4n) is 1.05. The zero-order chi connectivity index (χ0) is 9.46. The zero-order valence-electron chi connectivity index (χ0n) is 5.73. The quantitative estimate of drug-likeness (QED) is 0.594. The summed E-state index contributed by atoms with van der Waals surface area (Å²) < 4.78 is 13.2. The summed E-state index contributed by atoms with van der Waals surface area (Å²) in [5, 5.41) is -3.69. The van der Waals surface area contributed by atoms with Crippen molar-refractivity contribution in [3.63, 3.8) is 0 Å². The molecule has 0 unspecified atom stereocenters. The minimum atomic E-state index is -1.41. The van der Waals surface area contributed by atoms with Gasteiger partial charge in [0.1, 0.15) is 6.17 Å². The molecule has 0 radical (unpaired) electrons. The molecule has 1 saturated carbocycles. The van der Waals surface area contributed by atoms with Crippen molar-refractivity contribution in [3.05, 3.63) is 0 Å². The first-order valence-electron chi connectivity index (χ1n) is 3.31. The van der Waals surface area contributed by atoms with Crippen LogP contribution < -0.4 is 0 Å². The lowest BCUT2D eigenvalue weighted by Gasteiger charge is -2.36. The number of hydrogen-bond donors (Lipinski definition) is 0. The third kappa shape index (κ3) is 1.90. The lowest BCUT2D eigenvalue weighted by atomic mass is 9.96. The van der Waals surface area contributed by atoms with Gasteiger partial charge in [-0.25, -0.2) is 4.39 Å². The van der Waals surface area contributed by atoms with Gasteiger partial charge in [0, 0.05) is 0 Å². The second-order valence-electron chi connectivity index (χ2n) is 2.67. The number of alkyl halides is 6. The summed E-state index contributed by atoms with van der Waals surface area (Å²) in [6.07, 6.45) is -1.41. The zero-order valence-corrected chi connectivity index (χ0v) is 9.51. The molecule has 6 heteroatoms. The molecule has 1 aliphatic rings. The van der Waals surface area contributed by atoms with Gasteiger partial charge in [-0.05, 0) is 0 Å². The van der Waals surface area contributed by atoms with Crippen LogP contribution in [-0.4, -0.2) is 33.1 Å². The average molecular weight is 274 g/mol. The van der Waals surface area contributed by atoms with Gasteiger partial charge >= 0.3 is 0 Å². The maximum atomic E-state index is 13.2. The molecule has 0 saturated heterocycles. The standard InChI is InChI=1S/C6H6Cl5F/c7-1-2(8)4(10)6(12)5(11)3(1)9/h1-6H/t1?,2-,3-,4+,5+,6?/m0/s1. The maximum Gasteiger partial charge on any atom is 0.136 e. The van der Waals surface area contributed by atoms with Gasteiger partial charge in [-0.2, -0.15) is 0 Å². The van der Waals surface area contributed by atoms with Crippen LogP contribution in [0.3, 0.4) is 0 Å². The van der Waals surface area contributed by atoms with Crippen LogP contribution in [0.25, 0.3) is 0 Å². The lowest BCUT2D eigenvalue weighted by molar-refractivity contribution is 0.270. The van der Waals surface area contributed by atoms with Crippen LogP contribution in [0.5, 0.6) is 0 Å². The molecule has 0 bridgehead atoms. The van der Waals surface area contributed by atoms with Gasteiger partial charge in [-0.3, -0.25) is 0 Å². The van der Waals surface area contributed by atoms with Gasteiger partial charge in [0.2, 0.25) is 0 Å². The van der Waals surface area contributed by atoms with Crippen molar-refractivity contribution in [2.45, 2.75) is 33.1 Å². The van der Waals surface area contributed by atoms with Crippen LogP contribution in [0.2, 0.25) is 0 Å². The van der Waals surface area contributed by atoms with E-state index in [4.69, 9.17) is 58.0 Å². The first-order chi connectivity index (χ1) is 5.46. The summed E-state index contributed by atoms with van der Waals surface area (Å²) in [6, 6.07) is 0. The molecule has 12 heavy (non-hydrogen) atoms. The third-order valence-electron chi connectivity index (χ3n) is 1.83. The molecular weight excluding hydrogens is 268 g/mol. The fourth-order valence-corrected chi connectivity index (χ4v) is 2.88. The lowest BCUT2D eigenvalue weighted by Crippen LogP contribution is -2.52. The summed E-state index contributed by atoms with van der Waals surface area (Å²) >= 11 is 28.5. The Kier molecular flexibility index (Phi) is 4.07. The van der Waals surface area contributed by atoms with Gasteiger partial charge < -0.3 is 0 Å². The van der Waals surface area contributed by atoms with E-state index in [1.54, 1.807) is 0 Å². The van der Waals surface area contributed by atoms with Crippen molar-refractivity contribution >= 4 is 58.0 Å². The Balaban J connectivity index is 2.76.